The Morgan fingerprint density at radius 3 is 2.05 bits per heavy atom. The Balaban J connectivity index is 2.96. The van der Waals surface area contributed by atoms with Gasteiger partial charge in [0.05, 0.1) is 4.90 Å². The van der Waals surface area contributed by atoms with Crippen molar-refractivity contribution in [3.05, 3.63) is 29.1 Å². The molecule has 0 aliphatic rings. The lowest BCUT2D eigenvalue weighted by molar-refractivity contribution is 0.378. The van der Waals surface area contributed by atoms with Gasteiger partial charge in [0.1, 0.15) is 5.82 Å². The summed E-state index contributed by atoms with van der Waals surface area (Å²) in [7, 11) is -3.58. The van der Waals surface area contributed by atoms with Crippen LogP contribution >= 0.6 is 0 Å². The van der Waals surface area contributed by atoms with Crippen LogP contribution in [0.15, 0.2) is 17.0 Å². The van der Waals surface area contributed by atoms with E-state index in [-0.39, 0.29) is 10.3 Å². The minimum Gasteiger partial charge on any atom is -0.211 e. The molecule has 1 N–H and O–H groups in total. The van der Waals surface area contributed by atoms with Gasteiger partial charge in [-0.15, -0.1) is 0 Å². The number of aryl methyl sites for hydroxylation is 2. The van der Waals surface area contributed by atoms with Crippen LogP contribution in [-0.2, 0) is 10.0 Å². The van der Waals surface area contributed by atoms with Crippen molar-refractivity contribution in [1.82, 2.24) is 4.72 Å². The van der Waals surface area contributed by atoms with Crippen LogP contribution in [0, 0.1) is 25.1 Å². The second kappa shape index (κ2) is 5.59. The van der Waals surface area contributed by atoms with Gasteiger partial charge in [0.25, 0.3) is 0 Å². The highest BCUT2D eigenvalue weighted by Gasteiger charge is 2.21. The number of sulfonamides is 1. The molecule has 3 nitrogen and oxygen atoms in total. The van der Waals surface area contributed by atoms with Gasteiger partial charge in [-0.2, -0.15) is 0 Å². The fourth-order valence-corrected chi connectivity index (χ4v) is 3.43. The normalized spacial score (nSPS) is 12.7. The second-order valence-electron chi connectivity index (χ2n) is 6.08. The second-order valence-corrected chi connectivity index (χ2v) is 7.78. The van der Waals surface area contributed by atoms with E-state index < -0.39 is 15.8 Å². The third-order valence-electron chi connectivity index (χ3n) is 2.86. The first-order valence-electron chi connectivity index (χ1n) is 6.29. The third kappa shape index (κ3) is 4.58. The van der Waals surface area contributed by atoms with Gasteiger partial charge in [-0.05, 0) is 48.9 Å². The zero-order valence-electron chi connectivity index (χ0n) is 12.2. The fraction of sp³-hybridized carbons (Fsp3) is 0.571. The van der Waals surface area contributed by atoms with E-state index in [1.165, 1.54) is 12.1 Å². The zero-order chi connectivity index (χ0) is 14.8. The van der Waals surface area contributed by atoms with Crippen molar-refractivity contribution in [1.29, 1.82) is 0 Å². The molecule has 0 amide bonds. The Labute approximate surface area is 115 Å². The molecule has 0 aliphatic heterocycles. The Morgan fingerprint density at radius 2 is 1.63 bits per heavy atom. The molecule has 1 rings (SSSR count). The molecular formula is C14H22FNO2S. The number of rotatable bonds is 4. The molecule has 0 saturated carbocycles. The summed E-state index contributed by atoms with van der Waals surface area (Å²) in [6, 6.07) is 2.48. The number of hydrogen-bond acceptors (Lipinski definition) is 2. The van der Waals surface area contributed by atoms with E-state index >= 15 is 0 Å². The van der Waals surface area contributed by atoms with Crippen molar-refractivity contribution in [2.75, 3.05) is 6.54 Å². The molecule has 0 spiro atoms. The van der Waals surface area contributed by atoms with E-state index in [9.17, 15) is 12.8 Å². The molecule has 0 fully saturated rings. The van der Waals surface area contributed by atoms with E-state index in [1.807, 2.05) is 0 Å². The van der Waals surface area contributed by atoms with Crippen molar-refractivity contribution < 1.29 is 12.8 Å². The monoisotopic (exact) mass is 287 g/mol. The van der Waals surface area contributed by atoms with Crippen LogP contribution in [0.4, 0.5) is 4.39 Å². The maximum absolute atomic E-state index is 13.2. The average molecular weight is 287 g/mol. The molecule has 0 bridgehead atoms. The molecule has 108 valence electrons. The topological polar surface area (TPSA) is 46.2 Å². The SMILES string of the molecule is Cc1cc(F)cc(C)c1S(=O)(=O)NCCC(C)(C)C. The van der Waals surface area contributed by atoms with Gasteiger partial charge < -0.3 is 0 Å². The molecule has 0 atom stereocenters. The van der Waals surface area contributed by atoms with Crippen LogP contribution in [0.3, 0.4) is 0 Å². The van der Waals surface area contributed by atoms with E-state index in [4.69, 9.17) is 0 Å². The molecule has 0 heterocycles. The summed E-state index contributed by atoms with van der Waals surface area (Å²) in [5, 5.41) is 0. The van der Waals surface area contributed by atoms with Gasteiger partial charge in [-0.1, -0.05) is 20.8 Å². The molecule has 5 heteroatoms. The summed E-state index contributed by atoms with van der Waals surface area (Å²) < 4.78 is 40.2. The minimum atomic E-state index is -3.58. The Kier molecular flexibility index (Phi) is 4.74. The maximum atomic E-state index is 13.2. The largest absolute Gasteiger partial charge is 0.241 e. The first kappa shape index (κ1) is 16.1. The lowest BCUT2D eigenvalue weighted by Gasteiger charge is -2.19. The number of nitrogens with one attached hydrogen (secondary N) is 1. The van der Waals surface area contributed by atoms with Crippen LogP contribution in [-0.4, -0.2) is 15.0 Å². The molecule has 0 aliphatic carbocycles. The lowest BCUT2D eigenvalue weighted by Crippen LogP contribution is -2.28. The predicted octanol–water partition coefficient (Wildman–Crippen LogP) is 3.16. The van der Waals surface area contributed by atoms with E-state index in [0.29, 0.717) is 17.7 Å². The van der Waals surface area contributed by atoms with Gasteiger partial charge in [0.15, 0.2) is 0 Å². The molecule has 0 saturated heterocycles. The van der Waals surface area contributed by atoms with E-state index in [2.05, 4.69) is 25.5 Å². The van der Waals surface area contributed by atoms with Crippen molar-refractivity contribution in [3.63, 3.8) is 0 Å². The first-order valence-corrected chi connectivity index (χ1v) is 7.78. The highest BCUT2D eigenvalue weighted by atomic mass is 32.2. The molecule has 0 radical (unpaired) electrons. The average Bonchev–Trinajstić information content (AvgIpc) is 2.11. The molecule has 0 unspecified atom stereocenters. The van der Waals surface area contributed by atoms with Crippen LogP contribution in [0.5, 0.6) is 0 Å². The summed E-state index contributed by atoms with van der Waals surface area (Å²) in [6.45, 7) is 9.74. The van der Waals surface area contributed by atoms with Crippen LogP contribution in [0.1, 0.15) is 38.3 Å². The van der Waals surface area contributed by atoms with Crippen molar-refractivity contribution in [2.24, 2.45) is 5.41 Å². The van der Waals surface area contributed by atoms with Crippen LogP contribution < -0.4 is 4.72 Å². The number of hydrogen-bond donors (Lipinski definition) is 1. The lowest BCUT2D eigenvalue weighted by atomic mass is 9.93. The molecule has 0 aromatic heterocycles. The van der Waals surface area contributed by atoms with E-state index in [0.717, 1.165) is 6.42 Å². The summed E-state index contributed by atoms with van der Waals surface area (Å²) in [5.74, 6) is -0.413. The fourth-order valence-electron chi connectivity index (χ4n) is 1.95. The summed E-state index contributed by atoms with van der Waals surface area (Å²) in [5.41, 5.74) is 0.927. The van der Waals surface area contributed by atoms with Crippen LogP contribution in [0.2, 0.25) is 0 Å². The molecule has 1 aromatic rings. The van der Waals surface area contributed by atoms with Crippen molar-refractivity contribution in [3.8, 4) is 0 Å². The van der Waals surface area contributed by atoms with Crippen LogP contribution in [0.25, 0.3) is 0 Å². The van der Waals surface area contributed by atoms with Gasteiger partial charge in [-0.3, -0.25) is 0 Å². The van der Waals surface area contributed by atoms with Gasteiger partial charge in [0.2, 0.25) is 10.0 Å². The van der Waals surface area contributed by atoms with Crippen molar-refractivity contribution >= 4 is 10.0 Å². The number of halogens is 1. The first-order chi connectivity index (χ1) is 8.53. The maximum Gasteiger partial charge on any atom is 0.241 e. The summed E-state index contributed by atoms with van der Waals surface area (Å²) in [6.07, 6.45) is 0.742. The zero-order valence-corrected chi connectivity index (χ0v) is 13.0. The minimum absolute atomic E-state index is 0.0649. The third-order valence-corrected chi connectivity index (χ3v) is 4.63. The summed E-state index contributed by atoms with van der Waals surface area (Å²) in [4.78, 5) is 0.183. The molecular weight excluding hydrogens is 265 g/mol. The number of benzene rings is 1. The van der Waals surface area contributed by atoms with Crippen molar-refractivity contribution in [2.45, 2.75) is 45.9 Å². The van der Waals surface area contributed by atoms with E-state index in [1.54, 1.807) is 13.8 Å². The smallest absolute Gasteiger partial charge is 0.211 e. The van der Waals surface area contributed by atoms with Gasteiger partial charge >= 0.3 is 0 Å². The van der Waals surface area contributed by atoms with Gasteiger partial charge in [0, 0.05) is 6.54 Å². The Bertz CT molecular complexity index is 536. The standard InChI is InChI=1S/C14H22FNO2S/c1-10-8-12(15)9-11(2)13(10)19(17,18)16-7-6-14(3,4)5/h8-9,16H,6-7H2,1-5H3. The Morgan fingerprint density at radius 1 is 1.16 bits per heavy atom. The van der Waals surface area contributed by atoms with Gasteiger partial charge in [-0.25, -0.2) is 17.5 Å². The Hall–Kier alpha value is -0.940. The molecule has 19 heavy (non-hydrogen) atoms. The quantitative estimate of drug-likeness (QED) is 0.924. The highest BCUT2D eigenvalue weighted by molar-refractivity contribution is 7.89. The highest BCUT2D eigenvalue weighted by Crippen LogP contribution is 2.22. The summed E-state index contributed by atoms with van der Waals surface area (Å²) >= 11 is 0. The molecule has 1 aromatic carbocycles. The predicted molar refractivity (Wildman–Crippen MR) is 75.1 cm³/mol.